The zero-order valence-electron chi connectivity index (χ0n) is 11.4. The Morgan fingerprint density at radius 3 is 2.25 bits per heavy atom. The fourth-order valence-electron chi connectivity index (χ4n) is 3.34. The van der Waals surface area contributed by atoms with E-state index in [1.54, 1.807) is 0 Å². The first-order valence-corrected chi connectivity index (χ1v) is 7.13. The van der Waals surface area contributed by atoms with Crippen LogP contribution in [0.1, 0.15) is 25.7 Å². The van der Waals surface area contributed by atoms with Crippen LogP contribution in [0.5, 0.6) is 0 Å². The molecule has 0 aromatic carbocycles. The van der Waals surface area contributed by atoms with Gasteiger partial charge in [-0.05, 0) is 12.8 Å². The van der Waals surface area contributed by atoms with Gasteiger partial charge in [-0.2, -0.15) is 13.2 Å². The van der Waals surface area contributed by atoms with Gasteiger partial charge < -0.3 is 5.11 Å². The van der Waals surface area contributed by atoms with Gasteiger partial charge in [0.2, 0.25) is 0 Å². The van der Waals surface area contributed by atoms with Crippen molar-refractivity contribution in [3.05, 3.63) is 0 Å². The minimum absolute atomic E-state index is 0.00529. The van der Waals surface area contributed by atoms with Gasteiger partial charge in [0.15, 0.2) is 0 Å². The second-order valence-electron chi connectivity index (χ2n) is 5.72. The number of nitrogens with zero attached hydrogens (tertiary/aromatic N) is 2. The highest BCUT2D eigenvalue weighted by Crippen LogP contribution is 2.29. The molecular weight excluding hydrogens is 273 g/mol. The smallest absolute Gasteiger partial charge is 0.401 e. The molecule has 4 nitrogen and oxygen atoms in total. The summed E-state index contributed by atoms with van der Waals surface area (Å²) in [6.45, 7) is 0.924. The lowest BCUT2D eigenvalue weighted by molar-refractivity contribution is -0.152. The molecule has 0 spiro atoms. The van der Waals surface area contributed by atoms with E-state index in [0.29, 0.717) is 32.6 Å². The monoisotopic (exact) mass is 294 g/mol. The molecule has 1 heterocycles. The number of hydrogen-bond acceptors (Lipinski definition) is 3. The lowest BCUT2D eigenvalue weighted by Crippen LogP contribution is -2.55. The normalized spacial score (nSPS) is 30.4. The highest BCUT2D eigenvalue weighted by atomic mass is 19.4. The molecule has 2 atom stereocenters. The first kappa shape index (κ1) is 15.6. The molecule has 1 N–H and O–H groups in total. The molecule has 0 radical (unpaired) electrons. The predicted octanol–water partition coefficient (Wildman–Crippen LogP) is 1.81. The zero-order valence-corrected chi connectivity index (χ0v) is 11.4. The lowest BCUT2D eigenvalue weighted by atomic mass is 9.83. The van der Waals surface area contributed by atoms with Crippen molar-refractivity contribution in [3.8, 4) is 0 Å². The number of alkyl halides is 3. The standard InChI is InChI=1S/C13H21F3N2O2/c14-13(15,16)9-17-5-7-18(8-6-17)11-4-2-1-3-10(11)12(19)20/h10-11H,1-9H2,(H,19,20). The van der Waals surface area contributed by atoms with E-state index in [9.17, 15) is 23.1 Å². The molecule has 2 aliphatic rings. The molecule has 0 bridgehead atoms. The summed E-state index contributed by atoms with van der Waals surface area (Å²) in [5.74, 6) is -1.13. The Labute approximate surface area is 116 Å². The average Bonchev–Trinajstić information content (AvgIpc) is 2.38. The van der Waals surface area contributed by atoms with Gasteiger partial charge in [-0.25, -0.2) is 0 Å². The van der Waals surface area contributed by atoms with Crippen LogP contribution in [0.25, 0.3) is 0 Å². The van der Waals surface area contributed by atoms with Crippen molar-refractivity contribution in [1.29, 1.82) is 0 Å². The van der Waals surface area contributed by atoms with Crippen molar-refractivity contribution in [2.45, 2.75) is 37.9 Å². The van der Waals surface area contributed by atoms with E-state index < -0.39 is 18.7 Å². The van der Waals surface area contributed by atoms with Crippen LogP contribution in [-0.4, -0.2) is 65.8 Å². The number of aliphatic carboxylic acids is 1. The van der Waals surface area contributed by atoms with Crippen molar-refractivity contribution in [2.24, 2.45) is 5.92 Å². The van der Waals surface area contributed by atoms with E-state index in [4.69, 9.17) is 0 Å². The minimum Gasteiger partial charge on any atom is -0.481 e. The largest absolute Gasteiger partial charge is 0.481 e. The molecule has 2 fully saturated rings. The maximum absolute atomic E-state index is 12.3. The molecule has 2 unspecified atom stereocenters. The quantitative estimate of drug-likeness (QED) is 0.862. The topological polar surface area (TPSA) is 43.8 Å². The third-order valence-electron chi connectivity index (χ3n) is 4.33. The van der Waals surface area contributed by atoms with Crippen molar-refractivity contribution in [1.82, 2.24) is 9.80 Å². The Morgan fingerprint density at radius 2 is 1.70 bits per heavy atom. The second-order valence-corrected chi connectivity index (χ2v) is 5.72. The highest BCUT2D eigenvalue weighted by Gasteiger charge is 2.37. The Balaban J connectivity index is 1.87. The molecule has 0 amide bonds. The number of carboxylic acid groups (broad SMARTS) is 1. The van der Waals surface area contributed by atoms with Crippen molar-refractivity contribution < 1.29 is 23.1 Å². The van der Waals surface area contributed by atoms with Crippen molar-refractivity contribution in [3.63, 3.8) is 0 Å². The van der Waals surface area contributed by atoms with Crippen LogP contribution in [0.3, 0.4) is 0 Å². The van der Waals surface area contributed by atoms with E-state index in [-0.39, 0.29) is 12.0 Å². The Hall–Kier alpha value is -0.820. The SMILES string of the molecule is O=C(O)C1CCCCC1N1CCN(CC(F)(F)F)CC1. The summed E-state index contributed by atoms with van der Waals surface area (Å²) < 4.78 is 37.0. The van der Waals surface area contributed by atoms with Crippen LogP contribution in [0, 0.1) is 5.92 Å². The Kier molecular flexibility index (Phi) is 4.90. The Morgan fingerprint density at radius 1 is 1.10 bits per heavy atom. The minimum atomic E-state index is -4.16. The van der Waals surface area contributed by atoms with Gasteiger partial charge in [0.1, 0.15) is 0 Å². The molecular formula is C13H21F3N2O2. The molecule has 7 heteroatoms. The maximum atomic E-state index is 12.3. The van der Waals surface area contributed by atoms with E-state index in [0.717, 1.165) is 19.3 Å². The van der Waals surface area contributed by atoms with Crippen LogP contribution in [0.4, 0.5) is 13.2 Å². The van der Waals surface area contributed by atoms with Gasteiger partial charge in [-0.15, -0.1) is 0 Å². The summed E-state index contributed by atoms with van der Waals surface area (Å²) in [6, 6.07) is -0.00529. The number of halogens is 3. The third kappa shape index (κ3) is 4.09. The predicted molar refractivity (Wildman–Crippen MR) is 67.4 cm³/mol. The maximum Gasteiger partial charge on any atom is 0.401 e. The van der Waals surface area contributed by atoms with Crippen LogP contribution < -0.4 is 0 Å². The number of carbonyl (C=O) groups is 1. The lowest BCUT2D eigenvalue weighted by Gasteiger charge is -2.43. The first-order chi connectivity index (χ1) is 9.37. The summed E-state index contributed by atoms with van der Waals surface area (Å²) in [4.78, 5) is 14.7. The van der Waals surface area contributed by atoms with E-state index in [1.165, 1.54) is 4.90 Å². The average molecular weight is 294 g/mol. The van der Waals surface area contributed by atoms with E-state index in [1.807, 2.05) is 0 Å². The van der Waals surface area contributed by atoms with Crippen molar-refractivity contribution in [2.75, 3.05) is 32.7 Å². The van der Waals surface area contributed by atoms with Crippen LogP contribution >= 0.6 is 0 Å². The van der Waals surface area contributed by atoms with Gasteiger partial charge in [0, 0.05) is 32.2 Å². The molecule has 0 aromatic heterocycles. The summed E-state index contributed by atoms with van der Waals surface area (Å²) in [5, 5.41) is 9.26. The molecule has 1 saturated heterocycles. The number of carboxylic acids is 1. The van der Waals surface area contributed by atoms with Crippen LogP contribution in [0.15, 0.2) is 0 Å². The third-order valence-corrected chi connectivity index (χ3v) is 4.33. The van der Waals surface area contributed by atoms with Crippen molar-refractivity contribution >= 4 is 5.97 Å². The zero-order chi connectivity index (χ0) is 14.8. The summed E-state index contributed by atoms with van der Waals surface area (Å²) >= 11 is 0. The molecule has 116 valence electrons. The van der Waals surface area contributed by atoms with E-state index >= 15 is 0 Å². The molecule has 1 aliphatic carbocycles. The second kappa shape index (κ2) is 6.30. The summed E-state index contributed by atoms with van der Waals surface area (Å²) in [7, 11) is 0. The summed E-state index contributed by atoms with van der Waals surface area (Å²) in [5.41, 5.74) is 0. The van der Waals surface area contributed by atoms with Crippen LogP contribution in [-0.2, 0) is 4.79 Å². The highest BCUT2D eigenvalue weighted by molar-refractivity contribution is 5.71. The molecule has 2 rings (SSSR count). The van der Waals surface area contributed by atoms with E-state index in [2.05, 4.69) is 4.90 Å². The van der Waals surface area contributed by atoms with Crippen LogP contribution in [0.2, 0.25) is 0 Å². The number of rotatable bonds is 3. The molecule has 1 saturated carbocycles. The molecule has 1 aliphatic heterocycles. The fraction of sp³-hybridized carbons (Fsp3) is 0.923. The molecule has 0 aromatic rings. The van der Waals surface area contributed by atoms with Gasteiger partial charge >= 0.3 is 12.1 Å². The Bertz CT molecular complexity index is 341. The number of piperazine rings is 1. The molecule has 20 heavy (non-hydrogen) atoms. The first-order valence-electron chi connectivity index (χ1n) is 7.13. The summed E-state index contributed by atoms with van der Waals surface area (Å²) in [6.07, 6.45) is -0.686. The van der Waals surface area contributed by atoms with Gasteiger partial charge in [-0.1, -0.05) is 12.8 Å². The van der Waals surface area contributed by atoms with Gasteiger partial charge in [0.05, 0.1) is 12.5 Å². The fourth-order valence-corrected chi connectivity index (χ4v) is 3.34. The number of hydrogen-bond donors (Lipinski definition) is 1. The van der Waals surface area contributed by atoms with Gasteiger partial charge in [-0.3, -0.25) is 14.6 Å². The van der Waals surface area contributed by atoms with Gasteiger partial charge in [0.25, 0.3) is 0 Å².